The van der Waals surface area contributed by atoms with Gasteiger partial charge in [0.2, 0.25) is 5.91 Å². The van der Waals surface area contributed by atoms with Gasteiger partial charge < -0.3 is 14.6 Å². The second-order valence-electron chi connectivity index (χ2n) is 8.76. The fourth-order valence-electron chi connectivity index (χ4n) is 3.46. The molecule has 6 nitrogen and oxygen atoms in total. The van der Waals surface area contributed by atoms with Crippen LogP contribution in [0.1, 0.15) is 58.0 Å². The quantitative estimate of drug-likeness (QED) is 0.285. The van der Waals surface area contributed by atoms with Crippen LogP contribution in [-0.2, 0) is 11.3 Å². The number of amides is 1. The molecular formula is C25H30Cl2N4O2S. The summed E-state index contributed by atoms with van der Waals surface area (Å²) in [5.74, 6) is 2.23. The number of aromatic nitrogens is 3. The first-order valence-electron chi connectivity index (χ1n) is 11.2. The molecular weight excluding hydrogens is 491 g/mol. The molecule has 0 fully saturated rings. The number of hydrogen-bond acceptors (Lipinski definition) is 5. The molecule has 1 unspecified atom stereocenters. The van der Waals surface area contributed by atoms with Crippen LogP contribution in [0.5, 0.6) is 5.75 Å². The second-order valence-corrected chi connectivity index (χ2v) is 10.5. The van der Waals surface area contributed by atoms with Gasteiger partial charge in [0.05, 0.1) is 16.5 Å². The van der Waals surface area contributed by atoms with Crippen LogP contribution in [0.4, 0.5) is 5.69 Å². The molecule has 0 saturated carbocycles. The summed E-state index contributed by atoms with van der Waals surface area (Å²) in [5.41, 5.74) is 1.63. The first kappa shape index (κ1) is 26.4. The van der Waals surface area contributed by atoms with Gasteiger partial charge in [0.1, 0.15) is 5.75 Å². The average Bonchev–Trinajstić information content (AvgIpc) is 3.17. The summed E-state index contributed by atoms with van der Waals surface area (Å²) in [7, 11) is 0. The molecule has 0 radical (unpaired) electrons. The topological polar surface area (TPSA) is 69.0 Å². The molecule has 3 aromatic rings. The van der Waals surface area contributed by atoms with E-state index in [1.54, 1.807) is 18.2 Å². The number of rotatable bonds is 10. The smallest absolute Gasteiger partial charge is 0.234 e. The predicted molar refractivity (Wildman–Crippen MR) is 140 cm³/mol. The van der Waals surface area contributed by atoms with Crippen LogP contribution in [0, 0.1) is 5.92 Å². The highest BCUT2D eigenvalue weighted by Crippen LogP contribution is 2.31. The minimum atomic E-state index is -0.306. The number of anilines is 1. The van der Waals surface area contributed by atoms with E-state index in [9.17, 15) is 4.79 Å². The van der Waals surface area contributed by atoms with Crippen LogP contribution < -0.4 is 10.1 Å². The number of nitrogens with zero attached hydrogens (tertiary/aromatic N) is 3. The summed E-state index contributed by atoms with van der Waals surface area (Å²) in [5, 5.41) is 13.2. The van der Waals surface area contributed by atoms with Crippen molar-refractivity contribution in [3.63, 3.8) is 0 Å². The Morgan fingerprint density at radius 3 is 2.53 bits per heavy atom. The molecule has 182 valence electrons. The number of thioether (sulfide) groups is 1. The van der Waals surface area contributed by atoms with Crippen molar-refractivity contribution >= 4 is 46.6 Å². The van der Waals surface area contributed by atoms with E-state index in [1.807, 2.05) is 29.7 Å². The average molecular weight is 522 g/mol. The van der Waals surface area contributed by atoms with Gasteiger partial charge in [-0.25, -0.2) is 0 Å². The van der Waals surface area contributed by atoms with Gasteiger partial charge in [-0.3, -0.25) is 4.79 Å². The van der Waals surface area contributed by atoms with E-state index in [0.717, 1.165) is 17.1 Å². The van der Waals surface area contributed by atoms with Crippen LogP contribution in [0.3, 0.4) is 0 Å². The molecule has 0 aliphatic rings. The number of halogens is 2. The Hall–Kier alpha value is -2.22. The summed E-state index contributed by atoms with van der Waals surface area (Å²) in [6.45, 7) is 11.2. The van der Waals surface area contributed by atoms with Crippen molar-refractivity contribution in [2.45, 2.75) is 58.3 Å². The van der Waals surface area contributed by atoms with Gasteiger partial charge in [-0.15, -0.1) is 10.2 Å². The minimum absolute atomic E-state index is 0.157. The summed E-state index contributed by atoms with van der Waals surface area (Å²) >= 11 is 13.5. The Bertz CT molecular complexity index is 1130. The number of carbonyl (C=O) groups excluding carboxylic acids is 1. The van der Waals surface area contributed by atoms with Crippen molar-refractivity contribution in [1.29, 1.82) is 0 Å². The monoisotopic (exact) mass is 520 g/mol. The van der Waals surface area contributed by atoms with Gasteiger partial charge >= 0.3 is 0 Å². The third-order valence-corrected chi connectivity index (χ3v) is 6.57. The molecule has 1 amide bonds. The predicted octanol–water partition coefficient (Wildman–Crippen LogP) is 7.24. The molecule has 1 heterocycles. The molecule has 0 bridgehead atoms. The highest BCUT2D eigenvalue weighted by molar-refractivity contribution is 7.99. The van der Waals surface area contributed by atoms with E-state index in [-0.39, 0.29) is 17.8 Å². The number of ether oxygens (including phenoxy) is 1. The standard InChI is InChI=1S/C25H30Cl2N4O2S/c1-15(2)13-31-24(17(5)33-22-9-7-6-8-19(22)16(3)4)29-30-25(31)34-14-23(32)28-21-12-18(26)10-11-20(21)27/h6-12,15-17H,13-14H2,1-5H3,(H,28,32). The van der Waals surface area contributed by atoms with Crippen molar-refractivity contribution in [2.24, 2.45) is 5.92 Å². The zero-order valence-corrected chi connectivity index (χ0v) is 22.3. The number of carbonyl (C=O) groups is 1. The molecule has 0 aliphatic carbocycles. The molecule has 1 atom stereocenters. The van der Waals surface area contributed by atoms with Gasteiger partial charge in [0.25, 0.3) is 0 Å². The maximum atomic E-state index is 12.6. The molecule has 1 aromatic heterocycles. The van der Waals surface area contributed by atoms with E-state index in [2.05, 4.69) is 49.3 Å². The zero-order chi connectivity index (χ0) is 24.8. The molecule has 0 spiro atoms. The molecule has 34 heavy (non-hydrogen) atoms. The maximum Gasteiger partial charge on any atom is 0.234 e. The van der Waals surface area contributed by atoms with Gasteiger partial charge in [0, 0.05) is 11.6 Å². The van der Waals surface area contributed by atoms with Crippen LogP contribution >= 0.6 is 35.0 Å². The summed E-state index contributed by atoms with van der Waals surface area (Å²) < 4.78 is 8.36. The Kier molecular flexibility index (Phi) is 9.28. The van der Waals surface area contributed by atoms with E-state index >= 15 is 0 Å². The van der Waals surface area contributed by atoms with Crippen molar-refractivity contribution in [1.82, 2.24) is 14.8 Å². The summed E-state index contributed by atoms with van der Waals surface area (Å²) in [4.78, 5) is 12.6. The minimum Gasteiger partial charge on any atom is -0.482 e. The number of nitrogens with one attached hydrogen (secondary N) is 1. The number of benzene rings is 2. The van der Waals surface area contributed by atoms with Crippen molar-refractivity contribution < 1.29 is 9.53 Å². The lowest BCUT2D eigenvalue weighted by molar-refractivity contribution is -0.113. The highest BCUT2D eigenvalue weighted by atomic mass is 35.5. The van der Waals surface area contributed by atoms with Crippen LogP contribution in [0.15, 0.2) is 47.6 Å². The van der Waals surface area contributed by atoms with Crippen LogP contribution in [0.2, 0.25) is 10.0 Å². The van der Waals surface area contributed by atoms with E-state index in [0.29, 0.717) is 39.3 Å². The molecule has 1 N–H and O–H groups in total. The lowest BCUT2D eigenvalue weighted by Gasteiger charge is -2.20. The Labute approximate surface area is 215 Å². The Balaban J connectivity index is 1.75. The van der Waals surface area contributed by atoms with Gasteiger partial charge in [-0.2, -0.15) is 0 Å². The van der Waals surface area contributed by atoms with Crippen LogP contribution in [-0.4, -0.2) is 26.4 Å². The summed E-state index contributed by atoms with van der Waals surface area (Å²) in [6.07, 6.45) is -0.306. The third-order valence-electron chi connectivity index (χ3n) is 5.04. The maximum absolute atomic E-state index is 12.6. The van der Waals surface area contributed by atoms with Gasteiger partial charge in [-0.1, -0.05) is 80.9 Å². The van der Waals surface area contributed by atoms with Crippen molar-refractivity contribution in [3.05, 3.63) is 63.9 Å². The van der Waals surface area contributed by atoms with Crippen LogP contribution in [0.25, 0.3) is 0 Å². The van der Waals surface area contributed by atoms with Gasteiger partial charge in [-0.05, 0) is 48.6 Å². The van der Waals surface area contributed by atoms with E-state index in [1.165, 1.54) is 11.8 Å². The van der Waals surface area contributed by atoms with E-state index < -0.39 is 0 Å². The molecule has 9 heteroatoms. The first-order valence-corrected chi connectivity index (χ1v) is 13.0. The van der Waals surface area contributed by atoms with E-state index in [4.69, 9.17) is 27.9 Å². The summed E-state index contributed by atoms with van der Waals surface area (Å²) in [6, 6.07) is 13.0. The fraction of sp³-hybridized carbons (Fsp3) is 0.400. The normalized spacial score (nSPS) is 12.3. The zero-order valence-electron chi connectivity index (χ0n) is 20.0. The molecule has 3 rings (SSSR count). The second kappa shape index (κ2) is 12.0. The van der Waals surface area contributed by atoms with Gasteiger partial charge in [0.15, 0.2) is 17.1 Å². The SMILES string of the molecule is CC(C)Cn1c(SCC(=O)Nc2cc(Cl)ccc2Cl)nnc1C(C)Oc1ccccc1C(C)C. The molecule has 0 aliphatic heterocycles. The lowest BCUT2D eigenvalue weighted by atomic mass is 10.0. The Morgan fingerprint density at radius 2 is 1.82 bits per heavy atom. The highest BCUT2D eigenvalue weighted by Gasteiger charge is 2.22. The third kappa shape index (κ3) is 6.90. The van der Waals surface area contributed by atoms with Crippen molar-refractivity contribution in [2.75, 3.05) is 11.1 Å². The number of para-hydroxylation sites is 1. The number of hydrogen-bond donors (Lipinski definition) is 1. The largest absolute Gasteiger partial charge is 0.482 e. The lowest BCUT2D eigenvalue weighted by Crippen LogP contribution is -2.17. The fourth-order valence-corrected chi connectivity index (χ4v) is 4.55. The molecule has 0 saturated heterocycles. The molecule has 2 aromatic carbocycles. The first-order chi connectivity index (χ1) is 16.2. The Morgan fingerprint density at radius 1 is 1.09 bits per heavy atom. The van der Waals surface area contributed by atoms with Crippen molar-refractivity contribution in [3.8, 4) is 5.75 Å².